The van der Waals surface area contributed by atoms with Gasteiger partial charge in [0.15, 0.2) is 34.8 Å². The normalized spacial score (nSPS) is 11.2. The molecule has 0 saturated heterocycles. The monoisotopic (exact) mass is 411 g/mol. The SMILES string of the molecule is O=C(Nc1c[nH]nc1-c1nc2c(F)c(F)c(F)c(F)c2[nH]1)c1c(F)cccc1F. The molecular formula is C17H7F6N5O. The highest BCUT2D eigenvalue weighted by molar-refractivity contribution is 6.06. The fraction of sp³-hybridized carbons (Fsp3) is 0. The molecule has 6 nitrogen and oxygen atoms in total. The second-order valence-corrected chi connectivity index (χ2v) is 5.76. The highest BCUT2D eigenvalue weighted by Gasteiger charge is 2.26. The zero-order valence-electron chi connectivity index (χ0n) is 13.9. The quantitative estimate of drug-likeness (QED) is 0.270. The largest absolute Gasteiger partial charge is 0.334 e. The van der Waals surface area contributed by atoms with E-state index in [4.69, 9.17) is 0 Å². The molecule has 0 saturated carbocycles. The molecule has 2 aromatic heterocycles. The topological polar surface area (TPSA) is 86.5 Å². The summed E-state index contributed by atoms with van der Waals surface area (Å²) in [4.78, 5) is 18.1. The average Bonchev–Trinajstić information content (AvgIpc) is 3.31. The van der Waals surface area contributed by atoms with Gasteiger partial charge in [0.25, 0.3) is 5.91 Å². The van der Waals surface area contributed by atoms with Gasteiger partial charge < -0.3 is 10.3 Å². The zero-order valence-corrected chi connectivity index (χ0v) is 13.9. The first-order valence-electron chi connectivity index (χ1n) is 7.80. The van der Waals surface area contributed by atoms with Crippen LogP contribution in [0.4, 0.5) is 32.0 Å². The van der Waals surface area contributed by atoms with E-state index in [9.17, 15) is 31.1 Å². The van der Waals surface area contributed by atoms with Crippen molar-refractivity contribution < 1.29 is 31.1 Å². The van der Waals surface area contributed by atoms with Crippen molar-refractivity contribution in [3.05, 3.63) is 64.9 Å². The number of imidazole rings is 1. The van der Waals surface area contributed by atoms with Gasteiger partial charge in [0, 0.05) is 6.20 Å². The summed E-state index contributed by atoms with van der Waals surface area (Å²) in [5.41, 5.74) is -2.87. The van der Waals surface area contributed by atoms with E-state index in [0.29, 0.717) is 0 Å². The Morgan fingerprint density at radius 2 is 1.59 bits per heavy atom. The average molecular weight is 411 g/mol. The van der Waals surface area contributed by atoms with Gasteiger partial charge >= 0.3 is 0 Å². The van der Waals surface area contributed by atoms with Gasteiger partial charge in [-0.2, -0.15) is 5.10 Å². The molecule has 12 heteroatoms. The van der Waals surface area contributed by atoms with Crippen LogP contribution in [0.2, 0.25) is 0 Å². The number of rotatable bonds is 3. The van der Waals surface area contributed by atoms with Crippen LogP contribution in [0.3, 0.4) is 0 Å². The Labute approximate surface area is 156 Å². The molecular weight excluding hydrogens is 404 g/mol. The molecule has 0 aliphatic carbocycles. The summed E-state index contributed by atoms with van der Waals surface area (Å²) in [7, 11) is 0. The van der Waals surface area contributed by atoms with Crippen LogP contribution in [0.5, 0.6) is 0 Å². The van der Waals surface area contributed by atoms with E-state index in [-0.39, 0.29) is 17.2 Å². The Bertz CT molecular complexity index is 1220. The van der Waals surface area contributed by atoms with Crippen LogP contribution in [-0.2, 0) is 0 Å². The fourth-order valence-corrected chi connectivity index (χ4v) is 2.67. The standard InChI is InChI=1S/C17H7F6N5O/c18-5-2-1-3-6(19)8(5)17(29)25-7-4-24-28-13(7)16-26-14-11(22)9(20)10(21)12(23)15(14)27-16/h1-4H,(H,24,28)(H,25,29)(H,26,27). The summed E-state index contributed by atoms with van der Waals surface area (Å²) in [6, 6.07) is 2.82. The molecule has 29 heavy (non-hydrogen) atoms. The van der Waals surface area contributed by atoms with Gasteiger partial charge in [0.1, 0.15) is 28.2 Å². The summed E-state index contributed by atoms with van der Waals surface area (Å²) in [5, 5.41) is 8.23. The van der Waals surface area contributed by atoms with Crippen molar-refractivity contribution in [3.8, 4) is 11.5 Å². The molecule has 0 unspecified atom stereocenters. The minimum atomic E-state index is -2.04. The van der Waals surface area contributed by atoms with Crippen molar-refractivity contribution in [2.24, 2.45) is 0 Å². The summed E-state index contributed by atoms with van der Waals surface area (Å²) >= 11 is 0. The molecule has 3 N–H and O–H groups in total. The number of H-pyrrole nitrogens is 2. The molecule has 0 bridgehead atoms. The molecule has 2 heterocycles. The number of aromatic nitrogens is 4. The van der Waals surface area contributed by atoms with Crippen LogP contribution in [-0.4, -0.2) is 26.1 Å². The molecule has 0 spiro atoms. The van der Waals surface area contributed by atoms with Crippen molar-refractivity contribution in [1.82, 2.24) is 20.2 Å². The van der Waals surface area contributed by atoms with Crippen LogP contribution in [0.15, 0.2) is 24.4 Å². The lowest BCUT2D eigenvalue weighted by Crippen LogP contribution is -2.16. The van der Waals surface area contributed by atoms with E-state index in [0.717, 1.165) is 24.4 Å². The number of hydrogen-bond acceptors (Lipinski definition) is 3. The molecule has 1 amide bonds. The second kappa shape index (κ2) is 6.65. The third-order valence-electron chi connectivity index (χ3n) is 4.01. The number of halogens is 6. The van der Waals surface area contributed by atoms with Crippen LogP contribution in [0.25, 0.3) is 22.6 Å². The lowest BCUT2D eigenvalue weighted by molar-refractivity contribution is 0.101. The molecule has 148 valence electrons. The number of hydrogen-bond donors (Lipinski definition) is 3. The second-order valence-electron chi connectivity index (χ2n) is 5.76. The molecule has 0 fully saturated rings. The minimum absolute atomic E-state index is 0.168. The van der Waals surface area contributed by atoms with Gasteiger partial charge in [-0.1, -0.05) is 6.07 Å². The Morgan fingerprint density at radius 3 is 2.28 bits per heavy atom. The van der Waals surface area contributed by atoms with E-state index in [1.54, 1.807) is 0 Å². The van der Waals surface area contributed by atoms with Gasteiger partial charge in [-0.05, 0) is 12.1 Å². The Balaban J connectivity index is 1.76. The number of nitrogens with zero attached hydrogens (tertiary/aromatic N) is 2. The van der Waals surface area contributed by atoms with Gasteiger partial charge in [-0.15, -0.1) is 0 Å². The van der Waals surface area contributed by atoms with Crippen LogP contribution in [0, 0.1) is 34.9 Å². The first kappa shape index (κ1) is 18.5. The smallest absolute Gasteiger partial charge is 0.261 e. The van der Waals surface area contributed by atoms with Gasteiger partial charge in [0.05, 0.1) is 5.69 Å². The molecule has 0 aliphatic rings. The predicted molar refractivity (Wildman–Crippen MR) is 87.8 cm³/mol. The number of nitrogens with one attached hydrogen (secondary N) is 3. The Morgan fingerprint density at radius 1 is 0.931 bits per heavy atom. The Hall–Kier alpha value is -3.83. The third kappa shape index (κ3) is 2.88. The summed E-state index contributed by atoms with van der Waals surface area (Å²) < 4.78 is 82.1. The number of fused-ring (bicyclic) bond motifs is 1. The van der Waals surface area contributed by atoms with Gasteiger partial charge in [-0.3, -0.25) is 9.89 Å². The number of anilines is 1. The van der Waals surface area contributed by atoms with Crippen molar-refractivity contribution in [2.75, 3.05) is 5.32 Å². The number of aromatic amines is 2. The third-order valence-corrected chi connectivity index (χ3v) is 4.01. The predicted octanol–water partition coefficient (Wildman–Crippen LogP) is 4.04. The molecule has 4 rings (SSSR count). The van der Waals surface area contributed by atoms with Gasteiger partial charge in [0.2, 0.25) is 0 Å². The number of carbonyl (C=O) groups is 1. The molecule has 0 atom stereocenters. The van der Waals surface area contributed by atoms with Crippen molar-refractivity contribution in [2.45, 2.75) is 0 Å². The lowest BCUT2D eigenvalue weighted by atomic mass is 10.2. The van der Waals surface area contributed by atoms with Crippen LogP contribution >= 0.6 is 0 Å². The van der Waals surface area contributed by atoms with Crippen molar-refractivity contribution in [3.63, 3.8) is 0 Å². The summed E-state index contributed by atoms with van der Waals surface area (Å²) in [6.45, 7) is 0. The lowest BCUT2D eigenvalue weighted by Gasteiger charge is -2.06. The van der Waals surface area contributed by atoms with Crippen LogP contribution in [0.1, 0.15) is 10.4 Å². The van der Waals surface area contributed by atoms with E-state index >= 15 is 0 Å². The molecule has 0 radical (unpaired) electrons. The van der Waals surface area contributed by atoms with Gasteiger partial charge in [-0.25, -0.2) is 31.3 Å². The zero-order chi connectivity index (χ0) is 20.9. The summed E-state index contributed by atoms with van der Waals surface area (Å²) in [6.07, 6.45) is 1.10. The fourth-order valence-electron chi connectivity index (χ4n) is 2.67. The molecule has 0 aliphatic heterocycles. The molecule has 4 aromatic rings. The highest BCUT2D eigenvalue weighted by atomic mass is 19.2. The maximum atomic E-state index is 13.9. The molecule has 2 aromatic carbocycles. The van der Waals surface area contributed by atoms with Crippen LogP contribution < -0.4 is 5.32 Å². The maximum absolute atomic E-state index is 13.9. The number of carbonyl (C=O) groups excluding carboxylic acids is 1. The van der Waals surface area contributed by atoms with E-state index < -0.39 is 57.4 Å². The maximum Gasteiger partial charge on any atom is 0.261 e. The first-order valence-corrected chi connectivity index (χ1v) is 7.80. The minimum Gasteiger partial charge on any atom is -0.334 e. The van der Waals surface area contributed by atoms with E-state index in [2.05, 4.69) is 25.5 Å². The Kier molecular flexibility index (Phi) is 4.25. The van der Waals surface area contributed by atoms with Crippen molar-refractivity contribution in [1.29, 1.82) is 0 Å². The highest BCUT2D eigenvalue weighted by Crippen LogP contribution is 2.30. The first-order chi connectivity index (χ1) is 13.8. The number of amides is 1. The van der Waals surface area contributed by atoms with Crippen molar-refractivity contribution >= 4 is 22.6 Å². The van der Waals surface area contributed by atoms with E-state index in [1.807, 2.05) is 0 Å². The van der Waals surface area contributed by atoms with E-state index in [1.165, 1.54) is 0 Å². The summed E-state index contributed by atoms with van der Waals surface area (Å²) in [5.74, 6) is -11.3. The number of benzene rings is 2.